The number of rotatable bonds is 9. The normalized spacial score (nSPS) is 11.2. The maximum absolute atomic E-state index is 13.9. The molecule has 6 nitrogen and oxygen atoms in total. The molecule has 180 valence electrons. The maximum Gasteiger partial charge on any atom is 0.212 e. The van der Waals surface area contributed by atoms with E-state index >= 15 is 0 Å². The molecule has 35 heavy (non-hydrogen) atoms. The predicted molar refractivity (Wildman–Crippen MR) is 137 cm³/mol. The summed E-state index contributed by atoms with van der Waals surface area (Å²) in [6.07, 6.45) is 1.68. The molecule has 3 aromatic carbocycles. The Morgan fingerprint density at radius 1 is 1.03 bits per heavy atom. The highest BCUT2D eigenvalue weighted by atomic mass is 35.5. The van der Waals surface area contributed by atoms with Crippen molar-refractivity contribution in [2.75, 3.05) is 7.11 Å². The third-order valence-corrected chi connectivity index (χ3v) is 6.55. The fourth-order valence-electron chi connectivity index (χ4n) is 3.12. The molecule has 0 bridgehead atoms. The number of hydrogen-bond acceptors (Lipinski definition) is 6. The lowest BCUT2D eigenvalue weighted by Crippen LogP contribution is -2.01. The number of aromatic nitrogens is 3. The molecule has 0 aliphatic rings. The summed E-state index contributed by atoms with van der Waals surface area (Å²) in [7, 11) is 1.55. The number of hydrogen-bond donors (Lipinski definition) is 0. The van der Waals surface area contributed by atoms with Crippen LogP contribution in [-0.4, -0.2) is 28.2 Å². The van der Waals surface area contributed by atoms with Gasteiger partial charge in [0.25, 0.3) is 0 Å². The molecule has 0 atom stereocenters. The highest BCUT2D eigenvalue weighted by Gasteiger charge is 2.11. The Morgan fingerprint density at radius 3 is 2.63 bits per heavy atom. The van der Waals surface area contributed by atoms with Crippen molar-refractivity contribution in [1.29, 1.82) is 0 Å². The largest absolute Gasteiger partial charge is 0.493 e. The molecule has 0 aliphatic carbocycles. The monoisotopic (exact) mass is 530 g/mol. The zero-order valence-corrected chi connectivity index (χ0v) is 21.2. The van der Waals surface area contributed by atoms with Gasteiger partial charge in [-0.25, -0.2) is 4.39 Å². The van der Waals surface area contributed by atoms with Crippen molar-refractivity contribution in [2.24, 2.45) is 5.10 Å². The van der Waals surface area contributed by atoms with Crippen LogP contribution in [0.1, 0.15) is 22.5 Å². The van der Waals surface area contributed by atoms with Crippen LogP contribution >= 0.6 is 35.0 Å². The molecule has 0 saturated carbocycles. The molecule has 1 aromatic heterocycles. The van der Waals surface area contributed by atoms with Gasteiger partial charge in [0.05, 0.1) is 13.3 Å². The summed E-state index contributed by atoms with van der Waals surface area (Å²) < 4.78 is 26.8. The van der Waals surface area contributed by atoms with E-state index in [4.69, 9.17) is 32.7 Å². The molecule has 0 spiro atoms. The van der Waals surface area contributed by atoms with Crippen molar-refractivity contribution < 1.29 is 13.9 Å². The zero-order chi connectivity index (χ0) is 24.8. The van der Waals surface area contributed by atoms with Gasteiger partial charge in [-0.15, -0.1) is 10.2 Å². The lowest BCUT2D eigenvalue weighted by Gasteiger charge is -2.11. The van der Waals surface area contributed by atoms with Gasteiger partial charge in [0.2, 0.25) is 5.16 Å². The van der Waals surface area contributed by atoms with Gasteiger partial charge in [0.15, 0.2) is 17.3 Å². The lowest BCUT2D eigenvalue weighted by atomic mass is 10.2. The molecular formula is C25H21Cl2FN4O2S. The second-order valence-corrected chi connectivity index (χ2v) is 9.19. The second-order valence-electron chi connectivity index (χ2n) is 7.40. The number of benzene rings is 3. The van der Waals surface area contributed by atoms with Crippen molar-refractivity contribution in [3.05, 3.63) is 99.0 Å². The van der Waals surface area contributed by atoms with Crippen LogP contribution in [0, 0.1) is 12.7 Å². The molecule has 0 radical (unpaired) electrons. The van der Waals surface area contributed by atoms with Crippen LogP contribution in [-0.2, 0) is 12.4 Å². The highest BCUT2D eigenvalue weighted by Crippen LogP contribution is 2.30. The minimum atomic E-state index is -0.313. The van der Waals surface area contributed by atoms with Crippen LogP contribution in [0.25, 0.3) is 0 Å². The average Bonchev–Trinajstić information content (AvgIpc) is 3.21. The molecule has 0 unspecified atom stereocenters. The Labute approximate surface area is 216 Å². The molecule has 0 saturated heterocycles. The first-order valence-corrected chi connectivity index (χ1v) is 12.3. The summed E-state index contributed by atoms with van der Waals surface area (Å²) in [5.41, 5.74) is 2.19. The second kappa shape index (κ2) is 11.6. The molecule has 0 amide bonds. The van der Waals surface area contributed by atoms with E-state index in [0.29, 0.717) is 43.8 Å². The van der Waals surface area contributed by atoms with Gasteiger partial charge >= 0.3 is 0 Å². The first-order chi connectivity index (χ1) is 16.9. The van der Waals surface area contributed by atoms with E-state index in [9.17, 15) is 4.39 Å². The smallest absolute Gasteiger partial charge is 0.212 e. The van der Waals surface area contributed by atoms with Crippen LogP contribution in [0.15, 0.2) is 70.9 Å². The van der Waals surface area contributed by atoms with E-state index in [-0.39, 0.29) is 12.4 Å². The summed E-state index contributed by atoms with van der Waals surface area (Å²) >= 11 is 13.7. The summed E-state index contributed by atoms with van der Waals surface area (Å²) in [4.78, 5) is 0. The third-order valence-electron chi connectivity index (χ3n) is 4.99. The topological polar surface area (TPSA) is 61.5 Å². The predicted octanol–water partition coefficient (Wildman–Crippen LogP) is 6.79. The standard InChI is InChI=1S/C25H21Cl2FN4O2S/c1-16-30-31-25(35-15-19-8-9-20(26)12-21(19)27)32(16)29-13-17-7-10-23(24(11-17)33-2)34-14-18-5-3-4-6-22(18)28/h3-13H,14-15H2,1-2H3/b29-13+. The van der Waals surface area contributed by atoms with Crippen LogP contribution < -0.4 is 9.47 Å². The fourth-order valence-corrected chi connectivity index (χ4v) is 4.61. The van der Waals surface area contributed by atoms with Crippen molar-refractivity contribution in [1.82, 2.24) is 14.9 Å². The Hall–Kier alpha value is -3.07. The summed E-state index contributed by atoms with van der Waals surface area (Å²) in [6.45, 7) is 1.92. The zero-order valence-electron chi connectivity index (χ0n) is 18.9. The van der Waals surface area contributed by atoms with Gasteiger partial charge in [-0.05, 0) is 54.4 Å². The Balaban J connectivity index is 1.46. The molecule has 0 aliphatic heterocycles. The van der Waals surface area contributed by atoms with Crippen molar-refractivity contribution in [2.45, 2.75) is 24.4 Å². The quantitative estimate of drug-likeness (QED) is 0.176. The Morgan fingerprint density at radius 2 is 1.86 bits per heavy atom. The van der Waals surface area contributed by atoms with Gasteiger partial charge in [0, 0.05) is 21.4 Å². The van der Waals surface area contributed by atoms with Crippen molar-refractivity contribution in [3.8, 4) is 11.5 Å². The molecule has 4 rings (SSSR count). The Bertz CT molecular complexity index is 1360. The summed E-state index contributed by atoms with van der Waals surface area (Å²) in [6, 6.07) is 17.3. The molecule has 0 N–H and O–H groups in total. The van der Waals surface area contributed by atoms with Gasteiger partial charge in [-0.3, -0.25) is 0 Å². The minimum absolute atomic E-state index is 0.0919. The maximum atomic E-state index is 13.9. The Kier molecular flexibility index (Phi) is 8.28. The van der Waals surface area contributed by atoms with Crippen LogP contribution in [0.3, 0.4) is 0 Å². The van der Waals surface area contributed by atoms with E-state index in [1.807, 2.05) is 19.1 Å². The number of nitrogens with zero attached hydrogens (tertiary/aromatic N) is 4. The fraction of sp³-hybridized carbons (Fsp3) is 0.160. The summed E-state index contributed by atoms with van der Waals surface area (Å²) in [5, 5.41) is 14.7. The minimum Gasteiger partial charge on any atom is -0.493 e. The highest BCUT2D eigenvalue weighted by molar-refractivity contribution is 7.98. The summed E-state index contributed by atoms with van der Waals surface area (Å²) in [5.74, 6) is 1.93. The molecule has 10 heteroatoms. The van der Waals surface area contributed by atoms with Gasteiger partial charge in [-0.1, -0.05) is 59.2 Å². The molecule has 0 fully saturated rings. The van der Waals surface area contributed by atoms with Gasteiger partial charge < -0.3 is 9.47 Å². The van der Waals surface area contributed by atoms with Gasteiger partial charge in [0.1, 0.15) is 12.4 Å². The first-order valence-electron chi connectivity index (χ1n) is 10.5. The number of ether oxygens (including phenoxy) is 2. The van der Waals surface area contributed by atoms with Crippen molar-refractivity contribution in [3.63, 3.8) is 0 Å². The SMILES string of the molecule is COc1cc(/C=N/n2c(C)nnc2SCc2ccc(Cl)cc2Cl)ccc1OCc1ccccc1F. The number of halogens is 3. The number of methoxy groups -OCH3 is 1. The van der Waals surface area contributed by atoms with Crippen LogP contribution in [0.2, 0.25) is 10.0 Å². The number of aryl methyl sites for hydroxylation is 1. The number of thioether (sulfide) groups is 1. The first kappa shape index (κ1) is 25.0. The third kappa shape index (κ3) is 6.33. The van der Waals surface area contributed by atoms with E-state index in [1.165, 1.54) is 17.8 Å². The molecule has 4 aromatic rings. The van der Waals surface area contributed by atoms with E-state index in [2.05, 4.69) is 15.3 Å². The van der Waals surface area contributed by atoms with Crippen LogP contribution in [0.4, 0.5) is 4.39 Å². The average molecular weight is 531 g/mol. The van der Waals surface area contributed by atoms with E-state index in [0.717, 1.165) is 11.1 Å². The van der Waals surface area contributed by atoms with E-state index < -0.39 is 0 Å². The molecular weight excluding hydrogens is 510 g/mol. The molecule has 1 heterocycles. The van der Waals surface area contributed by atoms with Gasteiger partial charge in [-0.2, -0.15) is 9.78 Å². The van der Waals surface area contributed by atoms with Crippen LogP contribution in [0.5, 0.6) is 11.5 Å². The van der Waals surface area contributed by atoms with E-state index in [1.54, 1.807) is 60.5 Å². The lowest BCUT2D eigenvalue weighted by molar-refractivity contribution is 0.279. The van der Waals surface area contributed by atoms with Crippen molar-refractivity contribution >= 4 is 41.2 Å².